The summed E-state index contributed by atoms with van der Waals surface area (Å²) in [5.74, 6) is -0.242. The van der Waals surface area contributed by atoms with E-state index < -0.39 is 0 Å². The molecule has 1 aromatic carbocycles. The van der Waals surface area contributed by atoms with Crippen LogP contribution in [0.2, 0.25) is 0 Å². The minimum absolute atomic E-state index is 0.242. The summed E-state index contributed by atoms with van der Waals surface area (Å²) in [7, 11) is 0. The van der Waals surface area contributed by atoms with Gasteiger partial charge in [0.15, 0.2) is 0 Å². The lowest BCUT2D eigenvalue weighted by atomic mass is 10.1. The molecular formula is C16H16N4O2S. The fourth-order valence-electron chi connectivity index (χ4n) is 2.32. The number of imide groups is 1. The number of amides is 2. The van der Waals surface area contributed by atoms with E-state index in [2.05, 4.69) is 17.5 Å². The van der Waals surface area contributed by atoms with Crippen molar-refractivity contribution in [2.45, 2.75) is 24.5 Å². The Hall–Kier alpha value is -2.51. The van der Waals surface area contributed by atoms with Gasteiger partial charge < -0.3 is 4.90 Å². The Morgan fingerprint density at radius 3 is 2.17 bits per heavy atom. The smallest absolute Gasteiger partial charge is 0.286 e. The normalized spacial score (nSPS) is 16.5. The summed E-state index contributed by atoms with van der Waals surface area (Å²) in [4.78, 5) is 24.7. The number of thioether (sulfide) groups is 1. The zero-order valence-electron chi connectivity index (χ0n) is 12.5. The predicted octanol–water partition coefficient (Wildman–Crippen LogP) is 2.21. The van der Waals surface area contributed by atoms with Crippen molar-refractivity contribution in [1.29, 1.82) is 10.5 Å². The van der Waals surface area contributed by atoms with Gasteiger partial charge >= 0.3 is 0 Å². The molecule has 0 saturated carbocycles. The number of rotatable bonds is 7. The van der Waals surface area contributed by atoms with Crippen LogP contribution in [-0.2, 0) is 11.2 Å². The zero-order valence-corrected chi connectivity index (χ0v) is 13.3. The summed E-state index contributed by atoms with van der Waals surface area (Å²) in [5.41, 5.74) is 1.91. The van der Waals surface area contributed by atoms with Crippen LogP contribution in [0.15, 0.2) is 24.3 Å². The molecule has 2 rings (SSSR count). The minimum atomic E-state index is -0.373. The van der Waals surface area contributed by atoms with Crippen molar-refractivity contribution in [3.8, 4) is 12.1 Å². The topological polar surface area (TPSA) is 97.0 Å². The maximum Gasteiger partial charge on any atom is 0.286 e. The SMILES string of the molecule is N#CCCN(CCC#N)c1ccc(CC2SC(=O)NC2=O)cc1. The van der Waals surface area contributed by atoms with Crippen LogP contribution >= 0.6 is 11.8 Å². The van der Waals surface area contributed by atoms with Gasteiger partial charge in [-0.25, -0.2) is 0 Å². The van der Waals surface area contributed by atoms with Gasteiger partial charge in [0.05, 0.1) is 30.2 Å². The fraction of sp³-hybridized carbons (Fsp3) is 0.375. The van der Waals surface area contributed by atoms with E-state index in [0.29, 0.717) is 32.4 Å². The highest BCUT2D eigenvalue weighted by Crippen LogP contribution is 2.24. The largest absolute Gasteiger partial charge is 0.369 e. The Morgan fingerprint density at radius 2 is 1.70 bits per heavy atom. The van der Waals surface area contributed by atoms with Crippen molar-refractivity contribution in [3.63, 3.8) is 0 Å². The van der Waals surface area contributed by atoms with Crippen LogP contribution in [0.3, 0.4) is 0 Å². The van der Waals surface area contributed by atoms with Gasteiger partial charge in [-0.1, -0.05) is 23.9 Å². The van der Waals surface area contributed by atoms with E-state index in [1.54, 1.807) is 0 Å². The molecule has 0 bridgehead atoms. The number of carbonyl (C=O) groups is 2. The molecule has 1 aliphatic heterocycles. The molecule has 1 fully saturated rings. The number of carbonyl (C=O) groups excluding carboxylic acids is 2. The third-order valence-corrected chi connectivity index (χ3v) is 4.46. The summed E-state index contributed by atoms with van der Waals surface area (Å²) < 4.78 is 0. The van der Waals surface area contributed by atoms with Crippen LogP contribution in [0.4, 0.5) is 10.5 Å². The van der Waals surface area contributed by atoms with Crippen molar-refractivity contribution in [1.82, 2.24) is 5.32 Å². The molecule has 7 heteroatoms. The van der Waals surface area contributed by atoms with Crippen LogP contribution in [0.25, 0.3) is 0 Å². The van der Waals surface area contributed by atoms with E-state index in [1.807, 2.05) is 29.2 Å². The van der Waals surface area contributed by atoms with Crippen LogP contribution in [0.5, 0.6) is 0 Å². The first-order valence-corrected chi connectivity index (χ1v) is 8.11. The highest BCUT2D eigenvalue weighted by atomic mass is 32.2. The molecule has 1 aliphatic rings. The first kappa shape index (κ1) is 16.9. The van der Waals surface area contributed by atoms with Gasteiger partial charge in [0, 0.05) is 18.8 Å². The van der Waals surface area contributed by atoms with Gasteiger partial charge in [0.2, 0.25) is 5.91 Å². The molecular weight excluding hydrogens is 312 g/mol. The van der Waals surface area contributed by atoms with Gasteiger partial charge in [0.1, 0.15) is 0 Å². The maximum absolute atomic E-state index is 11.6. The lowest BCUT2D eigenvalue weighted by molar-refractivity contribution is -0.118. The average Bonchev–Trinajstić information content (AvgIpc) is 2.86. The molecule has 1 saturated heterocycles. The Morgan fingerprint density at radius 1 is 1.09 bits per heavy atom. The lowest BCUT2D eigenvalue weighted by Gasteiger charge is -2.23. The Bertz CT molecular complexity index is 642. The van der Waals surface area contributed by atoms with Crippen molar-refractivity contribution in [3.05, 3.63) is 29.8 Å². The van der Waals surface area contributed by atoms with E-state index in [-0.39, 0.29) is 16.4 Å². The highest BCUT2D eigenvalue weighted by Gasteiger charge is 2.31. The number of benzene rings is 1. The lowest BCUT2D eigenvalue weighted by Crippen LogP contribution is -2.26. The monoisotopic (exact) mass is 328 g/mol. The van der Waals surface area contributed by atoms with E-state index in [1.165, 1.54) is 0 Å². The van der Waals surface area contributed by atoms with E-state index >= 15 is 0 Å². The molecule has 1 atom stereocenters. The van der Waals surface area contributed by atoms with Crippen LogP contribution in [0, 0.1) is 22.7 Å². The first-order valence-electron chi connectivity index (χ1n) is 7.23. The molecule has 118 valence electrons. The molecule has 1 heterocycles. The second-order valence-electron chi connectivity index (χ2n) is 5.06. The molecule has 0 spiro atoms. The number of nitrogens with one attached hydrogen (secondary N) is 1. The van der Waals surface area contributed by atoms with Gasteiger partial charge in [-0.2, -0.15) is 10.5 Å². The van der Waals surface area contributed by atoms with E-state index in [0.717, 1.165) is 23.0 Å². The standard InChI is InChI=1S/C16H16N4O2S/c17-7-1-9-20(10-2-8-18)13-5-3-12(4-6-13)11-14-15(21)19-16(22)23-14/h3-6,14H,1-2,9-11H2,(H,19,21,22). The third-order valence-electron chi connectivity index (χ3n) is 3.48. The minimum Gasteiger partial charge on any atom is -0.369 e. The highest BCUT2D eigenvalue weighted by molar-refractivity contribution is 8.15. The molecule has 23 heavy (non-hydrogen) atoms. The average molecular weight is 328 g/mol. The fourth-order valence-corrected chi connectivity index (χ4v) is 3.18. The van der Waals surface area contributed by atoms with Crippen molar-refractivity contribution in [2.75, 3.05) is 18.0 Å². The molecule has 0 aromatic heterocycles. The molecule has 1 N–H and O–H groups in total. The second kappa shape index (κ2) is 8.21. The summed E-state index contributed by atoms with van der Waals surface area (Å²) in [6, 6.07) is 11.9. The number of nitrogens with zero attached hydrogens (tertiary/aromatic N) is 3. The van der Waals surface area contributed by atoms with Crippen molar-refractivity contribution in [2.24, 2.45) is 0 Å². The molecule has 0 aliphatic carbocycles. The molecule has 1 unspecified atom stereocenters. The number of nitriles is 2. The number of anilines is 1. The summed E-state index contributed by atoms with van der Waals surface area (Å²) >= 11 is 1.02. The van der Waals surface area contributed by atoms with Crippen molar-refractivity contribution >= 4 is 28.6 Å². The molecule has 0 radical (unpaired) electrons. The first-order chi connectivity index (χ1) is 11.1. The zero-order chi connectivity index (χ0) is 16.7. The molecule has 2 amide bonds. The third kappa shape index (κ3) is 4.73. The predicted molar refractivity (Wildman–Crippen MR) is 87.7 cm³/mol. The maximum atomic E-state index is 11.6. The van der Waals surface area contributed by atoms with Gasteiger partial charge in [0.25, 0.3) is 5.24 Å². The number of hydrogen-bond donors (Lipinski definition) is 1. The molecule has 1 aromatic rings. The summed E-state index contributed by atoms with van der Waals surface area (Å²) in [5, 5.41) is 19.1. The van der Waals surface area contributed by atoms with Gasteiger partial charge in [-0.05, 0) is 24.1 Å². The van der Waals surface area contributed by atoms with Crippen LogP contribution in [0.1, 0.15) is 18.4 Å². The van der Waals surface area contributed by atoms with Gasteiger partial charge in [-0.15, -0.1) is 0 Å². The quantitative estimate of drug-likeness (QED) is 0.824. The van der Waals surface area contributed by atoms with Crippen LogP contribution in [-0.4, -0.2) is 29.5 Å². The Labute approximate surface area is 139 Å². The summed E-state index contributed by atoms with van der Waals surface area (Å²) in [6.07, 6.45) is 1.29. The van der Waals surface area contributed by atoms with E-state index in [9.17, 15) is 9.59 Å². The van der Waals surface area contributed by atoms with Crippen molar-refractivity contribution < 1.29 is 9.59 Å². The van der Waals surface area contributed by atoms with Crippen LogP contribution < -0.4 is 10.2 Å². The molecule has 6 nitrogen and oxygen atoms in total. The number of hydrogen-bond acceptors (Lipinski definition) is 6. The Kier molecular flexibility index (Phi) is 6.02. The summed E-state index contributed by atoms with van der Waals surface area (Å²) in [6.45, 7) is 1.15. The Balaban J connectivity index is 2.02. The van der Waals surface area contributed by atoms with Gasteiger partial charge in [-0.3, -0.25) is 14.9 Å². The van der Waals surface area contributed by atoms with E-state index in [4.69, 9.17) is 10.5 Å². The second-order valence-corrected chi connectivity index (χ2v) is 6.23.